The Morgan fingerprint density at radius 2 is 1.02 bits per heavy atom. The maximum atomic E-state index is 11.9. The van der Waals surface area contributed by atoms with Gasteiger partial charge in [0.25, 0.3) is 0 Å². The largest absolute Gasteiger partial charge is 0.472 e. The SMILES string of the molecule is CCCCCCCCCCCCCCCCCCCCC(=O)OCC(O)COP(=O)(O)OCCNC(=O)CCCCCCC. The second-order valence-electron chi connectivity index (χ2n) is 12.2. The number of hydrogen-bond acceptors (Lipinski definition) is 7. The topological polar surface area (TPSA) is 131 Å². The van der Waals surface area contributed by atoms with E-state index in [9.17, 15) is 24.2 Å². The van der Waals surface area contributed by atoms with Gasteiger partial charge in [0, 0.05) is 19.4 Å². The Hall–Kier alpha value is -0.990. The molecule has 2 atom stereocenters. The highest BCUT2D eigenvalue weighted by atomic mass is 31.2. The fourth-order valence-electron chi connectivity index (χ4n) is 5.03. The van der Waals surface area contributed by atoms with Crippen molar-refractivity contribution in [3.8, 4) is 0 Å². The first-order valence-corrected chi connectivity index (χ1v) is 19.5. The molecule has 262 valence electrons. The van der Waals surface area contributed by atoms with Gasteiger partial charge in [0.1, 0.15) is 12.7 Å². The van der Waals surface area contributed by atoms with Gasteiger partial charge in [0.15, 0.2) is 0 Å². The summed E-state index contributed by atoms with van der Waals surface area (Å²) in [6, 6.07) is 0. The summed E-state index contributed by atoms with van der Waals surface area (Å²) in [5.41, 5.74) is 0. The van der Waals surface area contributed by atoms with Crippen LogP contribution >= 0.6 is 7.82 Å². The number of ether oxygens (including phenoxy) is 1. The van der Waals surface area contributed by atoms with Crippen LogP contribution in [0.4, 0.5) is 0 Å². The van der Waals surface area contributed by atoms with Crippen molar-refractivity contribution in [3.05, 3.63) is 0 Å². The number of amides is 1. The average molecular weight is 650 g/mol. The van der Waals surface area contributed by atoms with E-state index in [2.05, 4.69) is 19.2 Å². The molecule has 0 radical (unpaired) electrons. The minimum Gasteiger partial charge on any atom is -0.463 e. The summed E-state index contributed by atoms with van der Waals surface area (Å²) in [6.45, 7) is 3.47. The molecule has 0 heterocycles. The van der Waals surface area contributed by atoms with E-state index in [-0.39, 0.29) is 25.7 Å². The lowest BCUT2D eigenvalue weighted by Crippen LogP contribution is -2.27. The molecule has 0 aromatic heterocycles. The minimum absolute atomic E-state index is 0.0846. The molecule has 0 saturated heterocycles. The number of hydrogen-bond donors (Lipinski definition) is 3. The predicted molar refractivity (Wildman–Crippen MR) is 178 cm³/mol. The number of carbonyl (C=O) groups is 2. The Morgan fingerprint density at radius 1 is 0.614 bits per heavy atom. The number of carbonyl (C=O) groups excluding carboxylic acids is 2. The fourth-order valence-corrected chi connectivity index (χ4v) is 5.78. The van der Waals surface area contributed by atoms with Crippen molar-refractivity contribution in [2.45, 2.75) is 180 Å². The molecule has 2 unspecified atom stereocenters. The molecule has 1 amide bonds. The summed E-state index contributed by atoms with van der Waals surface area (Å²) >= 11 is 0. The monoisotopic (exact) mass is 649 g/mol. The Bertz CT molecular complexity index is 709. The van der Waals surface area contributed by atoms with Crippen LogP contribution in [0.5, 0.6) is 0 Å². The fraction of sp³-hybridized carbons (Fsp3) is 0.941. The van der Waals surface area contributed by atoms with Gasteiger partial charge in [-0.3, -0.25) is 18.6 Å². The summed E-state index contributed by atoms with van der Waals surface area (Å²) in [5, 5.41) is 12.6. The number of aliphatic hydroxyl groups is 1. The van der Waals surface area contributed by atoms with E-state index in [0.717, 1.165) is 51.4 Å². The van der Waals surface area contributed by atoms with Gasteiger partial charge in [-0.15, -0.1) is 0 Å². The van der Waals surface area contributed by atoms with Crippen molar-refractivity contribution in [2.24, 2.45) is 0 Å². The lowest BCUT2D eigenvalue weighted by Gasteiger charge is -2.15. The number of phosphoric acid groups is 1. The zero-order valence-corrected chi connectivity index (χ0v) is 29.3. The first-order valence-electron chi connectivity index (χ1n) is 18.0. The van der Waals surface area contributed by atoms with Crippen molar-refractivity contribution in [1.82, 2.24) is 5.32 Å². The van der Waals surface area contributed by atoms with Crippen molar-refractivity contribution >= 4 is 19.7 Å². The smallest absolute Gasteiger partial charge is 0.463 e. The van der Waals surface area contributed by atoms with Crippen LogP contribution in [0.15, 0.2) is 0 Å². The van der Waals surface area contributed by atoms with Crippen LogP contribution in [0.2, 0.25) is 0 Å². The van der Waals surface area contributed by atoms with Crippen molar-refractivity contribution in [1.29, 1.82) is 0 Å². The number of esters is 1. The molecule has 0 aliphatic heterocycles. The summed E-state index contributed by atoms with van der Waals surface area (Å²) in [4.78, 5) is 33.4. The van der Waals surface area contributed by atoms with E-state index in [1.54, 1.807) is 0 Å². The Labute approximate surface area is 269 Å². The molecule has 0 aliphatic rings. The second kappa shape index (κ2) is 32.0. The Kier molecular flexibility index (Phi) is 31.3. The van der Waals surface area contributed by atoms with Crippen LogP contribution in [0.1, 0.15) is 174 Å². The van der Waals surface area contributed by atoms with Crippen LogP contribution < -0.4 is 5.32 Å². The highest BCUT2D eigenvalue weighted by molar-refractivity contribution is 7.47. The molecule has 10 heteroatoms. The van der Waals surface area contributed by atoms with E-state index in [0.29, 0.717) is 12.8 Å². The summed E-state index contributed by atoms with van der Waals surface area (Å²) < 4.78 is 26.6. The number of rotatable bonds is 34. The van der Waals surface area contributed by atoms with E-state index >= 15 is 0 Å². The normalized spacial score (nSPS) is 13.5. The third-order valence-electron chi connectivity index (χ3n) is 7.79. The summed E-state index contributed by atoms with van der Waals surface area (Å²) in [6.07, 6.45) is 27.9. The lowest BCUT2D eigenvalue weighted by atomic mass is 10.0. The molecule has 0 aliphatic carbocycles. The van der Waals surface area contributed by atoms with E-state index in [1.165, 1.54) is 96.3 Å². The number of aliphatic hydroxyl groups excluding tert-OH is 1. The van der Waals surface area contributed by atoms with Gasteiger partial charge in [0.2, 0.25) is 5.91 Å². The van der Waals surface area contributed by atoms with Gasteiger partial charge in [-0.1, -0.05) is 149 Å². The quantitative estimate of drug-likeness (QED) is 0.0358. The minimum atomic E-state index is -4.39. The Morgan fingerprint density at radius 3 is 1.48 bits per heavy atom. The first-order chi connectivity index (χ1) is 21.3. The third-order valence-corrected chi connectivity index (χ3v) is 8.77. The van der Waals surface area contributed by atoms with Crippen molar-refractivity contribution in [3.63, 3.8) is 0 Å². The van der Waals surface area contributed by atoms with Gasteiger partial charge in [-0.05, 0) is 12.8 Å². The zero-order chi connectivity index (χ0) is 32.6. The molecular formula is C34H68NO8P. The van der Waals surface area contributed by atoms with E-state index in [4.69, 9.17) is 13.8 Å². The van der Waals surface area contributed by atoms with Gasteiger partial charge < -0.3 is 20.1 Å². The van der Waals surface area contributed by atoms with Gasteiger partial charge in [0.05, 0.1) is 13.2 Å². The summed E-state index contributed by atoms with van der Waals surface area (Å²) in [7, 11) is -4.39. The molecule has 3 N–H and O–H groups in total. The lowest BCUT2D eigenvalue weighted by molar-refractivity contribution is -0.147. The highest BCUT2D eigenvalue weighted by Crippen LogP contribution is 2.42. The predicted octanol–water partition coefficient (Wildman–Crippen LogP) is 8.93. The van der Waals surface area contributed by atoms with Gasteiger partial charge >= 0.3 is 13.8 Å². The first kappa shape index (κ1) is 43.0. The van der Waals surface area contributed by atoms with Gasteiger partial charge in [-0.25, -0.2) is 4.57 Å². The van der Waals surface area contributed by atoms with E-state index in [1.807, 2.05) is 0 Å². The molecule has 44 heavy (non-hydrogen) atoms. The van der Waals surface area contributed by atoms with E-state index < -0.39 is 26.5 Å². The molecule has 0 fully saturated rings. The number of nitrogens with one attached hydrogen (secondary N) is 1. The standard InChI is InChI=1S/C34H68NO8P/c1-3-5-7-9-10-11-12-13-14-15-16-17-18-19-20-21-23-25-27-34(38)41-30-32(36)31-43-44(39,40)42-29-28-35-33(37)26-24-22-8-6-4-2/h32,36H,3-31H2,1-2H3,(H,35,37)(H,39,40). The summed E-state index contributed by atoms with van der Waals surface area (Å²) in [5.74, 6) is -0.522. The number of unbranched alkanes of at least 4 members (excludes halogenated alkanes) is 21. The van der Waals surface area contributed by atoms with Crippen LogP contribution in [0.3, 0.4) is 0 Å². The van der Waals surface area contributed by atoms with Crippen LogP contribution in [0.25, 0.3) is 0 Å². The molecule has 0 aromatic rings. The Balaban J connectivity index is 3.54. The maximum Gasteiger partial charge on any atom is 0.472 e. The zero-order valence-electron chi connectivity index (χ0n) is 28.4. The highest BCUT2D eigenvalue weighted by Gasteiger charge is 2.23. The molecule has 0 saturated carbocycles. The average Bonchev–Trinajstić information content (AvgIpc) is 3.00. The van der Waals surface area contributed by atoms with Gasteiger partial charge in [-0.2, -0.15) is 0 Å². The number of phosphoric ester groups is 1. The van der Waals surface area contributed by atoms with Crippen molar-refractivity contribution in [2.75, 3.05) is 26.4 Å². The maximum absolute atomic E-state index is 11.9. The third kappa shape index (κ3) is 32.4. The molecular weight excluding hydrogens is 581 g/mol. The van der Waals surface area contributed by atoms with Crippen molar-refractivity contribution < 1.29 is 37.9 Å². The molecule has 9 nitrogen and oxygen atoms in total. The van der Waals surface area contributed by atoms with Crippen LogP contribution in [0, 0.1) is 0 Å². The molecule has 0 spiro atoms. The molecule has 0 aromatic carbocycles. The van der Waals surface area contributed by atoms with Crippen LogP contribution in [-0.4, -0.2) is 54.3 Å². The molecule has 0 rings (SSSR count). The van der Waals surface area contributed by atoms with Crippen LogP contribution in [-0.2, 0) is 27.9 Å². The molecule has 0 bridgehead atoms. The second-order valence-corrected chi connectivity index (χ2v) is 13.7.